The number of hydrogen-bond donors (Lipinski definition) is 0. The van der Waals surface area contributed by atoms with Crippen molar-refractivity contribution in [3.63, 3.8) is 0 Å². The topological polar surface area (TPSA) is 82.0 Å². The van der Waals surface area contributed by atoms with E-state index in [2.05, 4.69) is 19.1 Å². The smallest absolute Gasteiger partial charge is 0.352 e. The van der Waals surface area contributed by atoms with Crippen LogP contribution in [-0.2, 0) is 10.1 Å². The van der Waals surface area contributed by atoms with Gasteiger partial charge in [0, 0.05) is 11.8 Å². The second-order valence-electron chi connectivity index (χ2n) is 5.33. The molecule has 0 bridgehead atoms. The molecule has 16 heteroatoms. The van der Waals surface area contributed by atoms with Gasteiger partial charge in [-0.05, 0) is 30.3 Å². The molecule has 0 fully saturated rings. The number of nitrogens with zero attached hydrogens (tertiary/aromatic N) is 3. The summed E-state index contributed by atoms with van der Waals surface area (Å²) < 4.78 is 124. The van der Waals surface area contributed by atoms with Crippen LogP contribution in [0.1, 0.15) is 0 Å². The molecule has 0 unspecified atom stereocenters. The van der Waals surface area contributed by atoms with Gasteiger partial charge in [-0.15, -0.1) is 0 Å². The summed E-state index contributed by atoms with van der Waals surface area (Å²) in [5.41, 5.74) is -6.12. The molecule has 0 amide bonds. The Morgan fingerprint density at radius 2 is 1.41 bits per heavy atom. The van der Waals surface area contributed by atoms with Gasteiger partial charge in [-0.2, -0.15) is 39.7 Å². The molecule has 0 aliphatic heterocycles. The summed E-state index contributed by atoms with van der Waals surface area (Å²) in [5, 5.41) is -0.389. The number of pyridine rings is 3. The van der Waals surface area contributed by atoms with Crippen LogP contribution in [0, 0.1) is 29.5 Å². The standard InChI is InChI=1S/C10H4ClF3N2.C6H2F5NO3S/c11-8-5(3-4-15-10(8)14)9-6(12)1-2-7(13)16-9;7-3-1-2-4(8)12-5(3)15-16(13,14)6(9,10)11/h1-4H;1-2H. The highest BCUT2D eigenvalue weighted by atomic mass is 35.5. The Balaban J connectivity index is 0.000000227. The molecule has 3 heterocycles. The van der Waals surface area contributed by atoms with E-state index in [0.717, 1.165) is 18.3 Å². The lowest BCUT2D eigenvalue weighted by molar-refractivity contribution is -0.0502. The van der Waals surface area contributed by atoms with Crippen molar-refractivity contribution in [2.24, 2.45) is 0 Å². The van der Waals surface area contributed by atoms with E-state index < -0.39 is 51.0 Å². The molecule has 0 aromatic carbocycles. The van der Waals surface area contributed by atoms with Crippen LogP contribution in [0.5, 0.6) is 5.88 Å². The fraction of sp³-hybridized carbons (Fsp3) is 0.0625. The van der Waals surface area contributed by atoms with Gasteiger partial charge in [-0.3, -0.25) is 0 Å². The first-order valence-corrected chi connectivity index (χ1v) is 9.46. The van der Waals surface area contributed by atoms with Crippen LogP contribution in [0.2, 0.25) is 5.02 Å². The van der Waals surface area contributed by atoms with E-state index in [-0.39, 0.29) is 16.3 Å². The highest BCUT2D eigenvalue weighted by Gasteiger charge is 2.49. The maximum absolute atomic E-state index is 13.3. The normalized spacial score (nSPS) is 11.5. The molecular weight excluding hydrogens is 502 g/mol. The number of halogens is 9. The highest BCUT2D eigenvalue weighted by molar-refractivity contribution is 7.87. The number of alkyl halides is 3. The maximum atomic E-state index is 13.3. The summed E-state index contributed by atoms with van der Waals surface area (Å²) in [6, 6.07) is 3.89. The third-order valence-corrected chi connectivity index (χ3v) is 4.47. The Kier molecular flexibility index (Phi) is 7.56. The van der Waals surface area contributed by atoms with Gasteiger partial charge < -0.3 is 4.18 Å². The predicted octanol–water partition coefficient (Wildman–Crippen LogP) is 4.80. The van der Waals surface area contributed by atoms with E-state index in [1.165, 1.54) is 6.07 Å². The molecule has 0 radical (unpaired) electrons. The maximum Gasteiger partial charge on any atom is 0.534 e. The molecule has 32 heavy (non-hydrogen) atoms. The third-order valence-electron chi connectivity index (χ3n) is 3.17. The van der Waals surface area contributed by atoms with Gasteiger partial charge in [0.1, 0.15) is 16.5 Å². The Morgan fingerprint density at radius 1 is 0.844 bits per heavy atom. The summed E-state index contributed by atoms with van der Waals surface area (Å²) in [4.78, 5) is 9.13. The van der Waals surface area contributed by atoms with E-state index in [9.17, 15) is 43.5 Å². The van der Waals surface area contributed by atoms with Gasteiger partial charge in [0.15, 0.2) is 5.82 Å². The van der Waals surface area contributed by atoms with Crippen molar-refractivity contribution in [3.8, 4) is 17.1 Å². The molecule has 0 spiro atoms. The van der Waals surface area contributed by atoms with E-state index in [4.69, 9.17) is 11.6 Å². The van der Waals surface area contributed by atoms with E-state index in [0.29, 0.717) is 12.1 Å². The summed E-state index contributed by atoms with van der Waals surface area (Å²) in [7, 11) is -6.06. The average molecular weight is 508 g/mol. The summed E-state index contributed by atoms with van der Waals surface area (Å²) in [6.45, 7) is 0. The Hall–Kier alpha value is -3.07. The van der Waals surface area contributed by atoms with Crippen LogP contribution in [0.3, 0.4) is 0 Å². The molecule has 3 aromatic rings. The minimum absolute atomic E-state index is 0.0360. The van der Waals surface area contributed by atoms with Gasteiger partial charge in [0.05, 0.1) is 0 Å². The van der Waals surface area contributed by atoms with Gasteiger partial charge in [-0.1, -0.05) is 11.6 Å². The van der Waals surface area contributed by atoms with Gasteiger partial charge >= 0.3 is 15.6 Å². The van der Waals surface area contributed by atoms with E-state index in [1.807, 2.05) is 0 Å². The summed E-state index contributed by atoms with van der Waals surface area (Å²) in [5.74, 6) is -7.12. The highest BCUT2D eigenvalue weighted by Crippen LogP contribution is 2.29. The first kappa shape index (κ1) is 25.2. The Labute approximate surface area is 178 Å². The van der Waals surface area contributed by atoms with Crippen LogP contribution in [0.4, 0.5) is 35.1 Å². The minimum Gasteiger partial charge on any atom is -0.352 e. The molecule has 0 N–H and O–H groups in total. The third kappa shape index (κ3) is 6.00. The van der Waals surface area contributed by atoms with Gasteiger partial charge in [0.25, 0.3) is 5.88 Å². The van der Waals surface area contributed by atoms with Crippen molar-refractivity contribution in [2.45, 2.75) is 5.51 Å². The van der Waals surface area contributed by atoms with Crippen LogP contribution in [0.25, 0.3) is 11.3 Å². The zero-order valence-corrected chi connectivity index (χ0v) is 16.4. The van der Waals surface area contributed by atoms with Crippen LogP contribution in [-0.4, -0.2) is 28.9 Å². The van der Waals surface area contributed by atoms with Crippen LogP contribution < -0.4 is 4.18 Å². The van der Waals surface area contributed by atoms with Crippen molar-refractivity contribution in [2.75, 3.05) is 0 Å². The molecule has 0 atom stereocenters. The van der Waals surface area contributed by atoms with Crippen LogP contribution >= 0.6 is 11.6 Å². The molecular formula is C16H6ClF8N3O3S. The van der Waals surface area contributed by atoms with Crippen molar-refractivity contribution in [1.82, 2.24) is 15.0 Å². The van der Waals surface area contributed by atoms with E-state index in [1.54, 1.807) is 0 Å². The first-order valence-electron chi connectivity index (χ1n) is 7.68. The number of rotatable bonds is 3. The second kappa shape index (κ2) is 9.60. The Morgan fingerprint density at radius 3 is 2.00 bits per heavy atom. The largest absolute Gasteiger partial charge is 0.534 e. The van der Waals surface area contributed by atoms with E-state index >= 15 is 0 Å². The number of aromatic nitrogens is 3. The molecule has 0 saturated carbocycles. The molecule has 0 aliphatic rings. The lowest BCUT2D eigenvalue weighted by Gasteiger charge is -2.08. The minimum atomic E-state index is -6.06. The summed E-state index contributed by atoms with van der Waals surface area (Å²) in [6.07, 6.45) is 1.10. The van der Waals surface area contributed by atoms with Crippen molar-refractivity contribution in [3.05, 3.63) is 71.0 Å². The van der Waals surface area contributed by atoms with Crippen LogP contribution in [0.15, 0.2) is 36.5 Å². The van der Waals surface area contributed by atoms with Crippen molar-refractivity contribution < 1.29 is 47.7 Å². The van der Waals surface area contributed by atoms with Gasteiger partial charge in [0.2, 0.25) is 17.8 Å². The zero-order chi connectivity index (χ0) is 24.3. The number of hydrogen-bond acceptors (Lipinski definition) is 6. The lowest BCUT2D eigenvalue weighted by atomic mass is 10.1. The first-order chi connectivity index (χ1) is 14.7. The quantitative estimate of drug-likeness (QED) is 0.219. The fourth-order valence-electron chi connectivity index (χ4n) is 1.82. The van der Waals surface area contributed by atoms with Gasteiger partial charge in [-0.25, -0.2) is 18.7 Å². The molecule has 3 aromatic heterocycles. The average Bonchev–Trinajstić information content (AvgIpc) is 2.68. The monoisotopic (exact) mass is 507 g/mol. The Bertz CT molecular complexity index is 1240. The molecule has 0 saturated heterocycles. The molecule has 6 nitrogen and oxygen atoms in total. The summed E-state index contributed by atoms with van der Waals surface area (Å²) >= 11 is 5.59. The zero-order valence-electron chi connectivity index (χ0n) is 14.8. The molecule has 0 aliphatic carbocycles. The fourth-order valence-corrected chi connectivity index (χ4v) is 2.44. The van der Waals surface area contributed by atoms with Crippen molar-refractivity contribution >= 4 is 21.7 Å². The molecule has 172 valence electrons. The SMILES string of the molecule is Fc1ccc(F)c(-c2ccnc(F)c2Cl)n1.O=S(=O)(Oc1nc(F)ccc1F)C(F)(F)F. The molecule has 3 rings (SSSR count). The van der Waals surface area contributed by atoms with Crippen molar-refractivity contribution in [1.29, 1.82) is 0 Å². The predicted molar refractivity (Wildman–Crippen MR) is 92.1 cm³/mol. The lowest BCUT2D eigenvalue weighted by Crippen LogP contribution is -2.28. The second-order valence-corrected chi connectivity index (χ2v) is 7.25.